The molecule has 1 amide bonds. The van der Waals surface area contributed by atoms with E-state index in [0.29, 0.717) is 16.4 Å². The Bertz CT molecular complexity index is 1120. The van der Waals surface area contributed by atoms with E-state index >= 15 is 0 Å². The zero-order valence-electron chi connectivity index (χ0n) is 15.5. The van der Waals surface area contributed by atoms with Crippen molar-refractivity contribution < 1.29 is 4.79 Å². The van der Waals surface area contributed by atoms with Gasteiger partial charge in [-0.15, -0.1) is 0 Å². The Morgan fingerprint density at radius 1 is 1.26 bits per heavy atom. The van der Waals surface area contributed by atoms with Gasteiger partial charge in [-0.2, -0.15) is 0 Å². The maximum atomic E-state index is 13.1. The van der Waals surface area contributed by atoms with Crippen LogP contribution in [-0.2, 0) is 13.5 Å². The number of nitrogens with one attached hydrogen (secondary N) is 1. The molecule has 4 nitrogen and oxygen atoms in total. The van der Waals surface area contributed by atoms with Crippen LogP contribution in [0.5, 0.6) is 0 Å². The van der Waals surface area contributed by atoms with E-state index in [-0.39, 0.29) is 17.4 Å². The molecule has 136 valence electrons. The third kappa shape index (κ3) is 2.89. The number of aromatic nitrogens is 1. The van der Waals surface area contributed by atoms with Gasteiger partial charge in [0.15, 0.2) is 5.69 Å². The van der Waals surface area contributed by atoms with Crippen molar-refractivity contribution in [2.75, 3.05) is 0 Å². The van der Waals surface area contributed by atoms with Crippen molar-refractivity contribution in [1.82, 2.24) is 9.88 Å². The quantitative estimate of drug-likeness (QED) is 0.593. The largest absolute Gasteiger partial charge is 0.343 e. The number of halogens is 1. The van der Waals surface area contributed by atoms with Crippen LogP contribution in [-0.4, -0.2) is 10.5 Å². The molecule has 1 aliphatic rings. The Hall–Kier alpha value is -2.77. The minimum absolute atomic E-state index is 0.119. The molecule has 1 aromatic heterocycles. The van der Waals surface area contributed by atoms with E-state index in [1.165, 1.54) is 5.56 Å². The highest BCUT2D eigenvalue weighted by atomic mass is 35.5. The molecular weight excluding hydrogens is 358 g/mol. The fraction of sp³-hybridized carbons (Fsp3) is 0.273. The summed E-state index contributed by atoms with van der Waals surface area (Å²) in [6, 6.07) is 13.1. The average Bonchev–Trinajstić information content (AvgIpc) is 3.08. The number of nitrogens with zero attached hydrogens (tertiary/aromatic N) is 2. The van der Waals surface area contributed by atoms with Crippen LogP contribution in [0.1, 0.15) is 41.5 Å². The number of carbonyl (C=O) groups is 1. The van der Waals surface area contributed by atoms with Gasteiger partial charge < -0.3 is 9.88 Å². The second kappa shape index (κ2) is 6.14. The van der Waals surface area contributed by atoms with Gasteiger partial charge in [-0.3, -0.25) is 4.79 Å². The number of hydrogen-bond acceptors (Lipinski definition) is 1. The van der Waals surface area contributed by atoms with Gasteiger partial charge >= 0.3 is 0 Å². The number of rotatable bonds is 2. The minimum Gasteiger partial charge on any atom is -0.343 e. The molecule has 0 radical (unpaired) electrons. The van der Waals surface area contributed by atoms with Crippen LogP contribution in [0, 0.1) is 12.0 Å². The van der Waals surface area contributed by atoms with Gasteiger partial charge in [-0.05, 0) is 47.2 Å². The number of fused-ring (bicyclic) bond motifs is 2. The highest BCUT2D eigenvalue weighted by Crippen LogP contribution is 2.46. The standard InChI is InChI=1S/C22H20ClN3O/c1-22(2)12-13-5-7-16(24-3)11-17(13)20(22)25-21(27)19-10-14-9-15(23)6-8-18(14)26(19)4/h5-11,20H,12H2,1-2,4H3,(H,25,27)/t20-/m0/s1. The molecule has 3 aromatic rings. The Balaban J connectivity index is 1.71. The summed E-state index contributed by atoms with van der Waals surface area (Å²) in [4.78, 5) is 16.6. The highest BCUT2D eigenvalue weighted by Gasteiger charge is 2.40. The summed E-state index contributed by atoms with van der Waals surface area (Å²) >= 11 is 6.09. The summed E-state index contributed by atoms with van der Waals surface area (Å²) in [5, 5.41) is 4.81. The summed E-state index contributed by atoms with van der Waals surface area (Å²) in [5.74, 6) is -0.121. The summed E-state index contributed by atoms with van der Waals surface area (Å²) in [6.07, 6.45) is 0.871. The van der Waals surface area contributed by atoms with Crippen molar-refractivity contribution in [2.24, 2.45) is 12.5 Å². The lowest BCUT2D eigenvalue weighted by atomic mass is 9.85. The summed E-state index contributed by atoms with van der Waals surface area (Å²) in [5.41, 5.74) is 4.28. The minimum atomic E-state index is -0.136. The second-order valence-corrected chi connectivity index (χ2v) is 8.29. The number of benzene rings is 2. The van der Waals surface area contributed by atoms with E-state index in [1.807, 2.05) is 54.1 Å². The second-order valence-electron chi connectivity index (χ2n) is 7.86. The van der Waals surface area contributed by atoms with Gasteiger partial charge in [0.25, 0.3) is 5.91 Å². The topological polar surface area (TPSA) is 38.4 Å². The first-order chi connectivity index (χ1) is 12.8. The van der Waals surface area contributed by atoms with Gasteiger partial charge in [0, 0.05) is 23.0 Å². The van der Waals surface area contributed by atoms with Crippen molar-refractivity contribution in [1.29, 1.82) is 0 Å². The third-order valence-electron chi connectivity index (χ3n) is 5.51. The smallest absolute Gasteiger partial charge is 0.268 e. The monoisotopic (exact) mass is 377 g/mol. The van der Waals surface area contributed by atoms with Crippen LogP contribution in [0.25, 0.3) is 15.7 Å². The Labute approximate surface area is 163 Å². The van der Waals surface area contributed by atoms with E-state index < -0.39 is 0 Å². The Morgan fingerprint density at radius 2 is 2.04 bits per heavy atom. The summed E-state index contributed by atoms with van der Waals surface area (Å²) < 4.78 is 1.89. The SMILES string of the molecule is [C-]#[N+]c1ccc2c(c1)[C@H](NC(=O)c1cc3cc(Cl)ccc3n1C)C(C)(C)C2. The molecule has 0 fully saturated rings. The number of hydrogen-bond donors (Lipinski definition) is 1. The molecule has 1 heterocycles. The first kappa shape index (κ1) is 17.6. The molecule has 0 bridgehead atoms. The molecular formula is C22H20ClN3O. The zero-order valence-corrected chi connectivity index (χ0v) is 16.3. The fourth-order valence-electron chi connectivity index (χ4n) is 4.11. The van der Waals surface area contributed by atoms with Crippen LogP contribution >= 0.6 is 11.6 Å². The summed E-state index contributed by atoms with van der Waals surface area (Å²) in [7, 11) is 1.88. The van der Waals surface area contributed by atoms with Crippen LogP contribution in [0.15, 0.2) is 42.5 Å². The molecule has 1 aliphatic carbocycles. The zero-order chi connectivity index (χ0) is 19.3. The van der Waals surface area contributed by atoms with Gasteiger partial charge in [0.05, 0.1) is 12.6 Å². The van der Waals surface area contributed by atoms with Crippen molar-refractivity contribution in [2.45, 2.75) is 26.3 Å². The van der Waals surface area contributed by atoms with Crippen molar-refractivity contribution in [3.05, 3.63) is 75.7 Å². The molecule has 0 aliphatic heterocycles. The molecule has 4 rings (SSSR count). The van der Waals surface area contributed by atoms with Gasteiger partial charge in [0.2, 0.25) is 0 Å². The first-order valence-corrected chi connectivity index (χ1v) is 9.24. The predicted molar refractivity (Wildman–Crippen MR) is 108 cm³/mol. The molecule has 0 saturated heterocycles. The number of aryl methyl sites for hydroxylation is 1. The van der Waals surface area contributed by atoms with Gasteiger partial charge in [-0.25, -0.2) is 4.85 Å². The van der Waals surface area contributed by atoms with E-state index in [2.05, 4.69) is 24.0 Å². The molecule has 0 saturated carbocycles. The van der Waals surface area contributed by atoms with Crippen LogP contribution in [0.2, 0.25) is 5.02 Å². The van der Waals surface area contributed by atoms with E-state index in [4.69, 9.17) is 18.2 Å². The average molecular weight is 378 g/mol. The van der Waals surface area contributed by atoms with Crippen LogP contribution < -0.4 is 5.32 Å². The molecule has 2 aromatic carbocycles. The molecule has 1 atom stereocenters. The lowest BCUT2D eigenvalue weighted by molar-refractivity contribution is 0.0895. The van der Waals surface area contributed by atoms with E-state index in [1.54, 1.807) is 0 Å². The van der Waals surface area contributed by atoms with Crippen molar-refractivity contribution in [3.63, 3.8) is 0 Å². The van der Waals surface area contributed by atoms with Gasteiger partial charge in [-0.1, -0.05) is 43.6 Å². The molecule has 0 spiro atoms. The van der Waals surface area contributed by atoms with Crippen molar-refractivity contribution >= 4 is 34.1 Å². The highest BCUT2D eigenvalue weighted by molar-refractivity contribution is 6.31. The molecule has 1 N–H and O–H groups in total. The van der Waals surface area contributed by atoms with E-state index in [9.17, 15) is 4.79 Å². The maximum absolute atomic E-state index is 13.1. The maximum Gasteiger partial charge on any atom is 0.268 e. The first-order valence-electron chi connectivity index (χ1n) is 8.86. The summed E-state index contributed by atoms with van der Waals surface area (Å²) in [6.45, 7) is 11.6. The lowest BCUT2D eigenvalue weighted by Gasteiger charge is -2.28. The van der Waals surface area contributed by atoms with E-state index in [0.717, 1.165) is 22.9 Å². The number of carbonyl (C=O) groups excluding carboxylic acids is 1. The van der Waals surface area contributed by atoms with Gasteiger partial charge in [0.1, 0.15) is 5.69 Å². The van der Waals surface area contributed by atoms with Crippen LogP contribution in [0.4, 0.5) is 5.69 Å². The van der Waals surface area contributed by atoms with Crippen molar-refractivity contribution in [3.8, 4) is 0 Å². The lowest BCUT2D eigenvalue weighted by Crippen LogP contribution is -2.36. The predicted octanol–water partition coefficient (Wildman–Crippen LogP) is 5.44. The molecule has 0 unspecified atom stereocenters. The Kier molecular flexibility index (Phi) is 4.01. The molecule has 27 heavy (non-hydrogen) atoms. The third-order valence-corrected chi connectivity index (χ3v) is 5.74. The number of amides is 1. The normalized spacial score (nSPS) is 17.5. The fourth-order valence-corrected chi connectivity index (χ4v) is 4.29. The van der Waals surface area contributed by atoms with Crippen LogP contribution in [0.3, 0.4) is 0 Å². The Morgan fingerprint density at radius 3 is 2.78 bits per heavy atom. The molecule has 5 heteroatoms.